The van der Waals surface area contributed by atoms with E-state index in [2.05, 4.69) is 31.1 Å². The minimum atomic E-state index is -3.95. The highest BCUT2D eigenvalue weighted by molar-refractivity contribution is 9.10. The van der Waals surface area contributed by atoms with Crippen molar-refractivity contribution >= 4 is 54.7 Å². The van der Waals surface area contributed by atoms with E-state index in [1.807, 2.05) is 38.1 Å². The fourth-order valence-electron chi connectivity index (χ4n) is 7.06. The Morgan fingerprint density at radius 1 is 1.15 bits per heavy atom. The van der Waals surface area contributed by atoms with E-state index < -0.39 is 50.3 Å². The number of amides is 4. The molecule has 1 saturated heterocycles. The summed E-state index contributed by atoms with van der Waals surface area (Å²) in [6.07, 6.45) is 6.86. The summed E-state index contributed by atoms with van der Waals surface area (Å²) < 4.78 is 45.9. The minimum absolute atomic E-state index is 0.0303. The van der Waals surface area contributed by atoms with E-state index in [0.29, 0.717) is 63.4 Å². The molecule has 4 aliphatic rings. The molecule has 4 atom stereocenters. The van der Waals surface area contributed by atoms with Crippen LogP contribution in [0.4, 0.5) is 4.79 Å². The van der Waals surface area contributed by atoms with Gasteiger partial charge in [0.2, 0.25) is 15.9 Å². The van der Waals surface area contributed by atoms with Gasteiger partial charge < -0.3 is 29.1 Å². The van der Waals surface area contributed by atoms with Crippen molar-refractivity contribution in [2.45, 2.75) is 94.1 Å². The Bertz CT molecular complexity index is 2100. The van der Waals surface area contributed by atoms with Crippen LogP contribution in [0.25, 0.3) is 22.3 Å². The van der Waals surface area contributed by atoms with Gasteiger partial charge in [-0.25, -0.2) is 18.2 Å². The summed E-state index contributed by atoms with van der Waals surface area (Å²) in [4.78, 5) is 49.9. The lowest BCUT2D eigenvalue weighted by Gasteiger charge is -2.30. The average molecular weight is 814 g/mol. The monoisotopic (exact) mass is 812 g/mol. The SMILES string of the molecule is COc1ccc2c(O[C@H]3C[C@H]4C(=O)N(C)CCCC/C=C\[C@@H]5C[C@@]5(C(=O)NS(=O)(=O)C5(C)CC5)NC(=O)N4C3)cc(-c3cc(C(C)C)on3)nc2c1Br. The number of methoxy groups -OCH3 is 1. The summed E-state index contributed by atoms with van der Waals surface area (Å²) in [5.74, 6) is 0.437. The van der Waals surface area contributed by atoms with Gasteiger partial charge in [0.25, 0.3) is 5.91 Å². The first-order valence-electron chi connectivity index (χ1n) is 18.0. The Morgan fingerprint density at radius 2 is 1.92 bits per heavy atom. The molecule has 0 unspecified atom stereocenters. The summed E-state index contributed by atoms with van der Waals surface area (Å²) in [5.41, 5.74) is 0.108. The Kier molecular flexibility index (Phi) is 9.75. The molecule has 0 radical (unpaired) electrons. The number of carbonyl (C=O) groups excluding carboxylic acids is 3. The number of pyridine rings is 1. The number of sulfonamides is 1. The Balaban J connectivity index is 1.21. The molecular weight excluding hydrogens is 768 g/mol. The number of benzene rings is 1. The highest BCUT2D eigenvalue weighted by Crippen LogP contribution is 2.48. The number of nitrogens with zero attached hydrogens (tertiary/aromatic N) is 4. The molecule has 2 saturated carbocycles. The molecule has 1 aromatic carbocycles. The summed E-state index contributed by atoms with van der Waals surface area (Å²) in [5, 5.41) is 7.81. The normalized spacial score (nSPS) is 26.4. The zero-order chi connectivity index (χ0) is 37.9. The lowest BCUT2D eigenvalue weighted by Crippen LogP contribution is -2.58. The maximum Gasteiger partial charge on any atom is 0.319 e. The van der Waals surface area contributed by atoms with Gasteiger partial charge in [-0.1, -0.05) is 31.2 Å². The first-order chi connectivity index (χ1) is 25.2. The zero-order valence-corrected chi connectivity index (χ0v) is 32.9. The molecule has 2 aliphatic heterocycles. The van der Waals surface area contributed by atoms with E-state index in [0.717, 1.165) is 19.3 Å². The number of hydrogen-bond acceptors (Lipinski definition) is 10. The maximum atomic E-state index is 14.2. The summed E-state index contributed by atoms with van der Waals surface area (Å²) in [6.45, 7) is 6.16. The van der Waals surface area contributed by atoms with Crippen LogP contribution >= 0.6 is 15.9 Å². The molecule has 0 spiro atoms. The first kappa shape index (κ1) is 37.1. The molecule has 2 N–H and O–H groups in total. The number of rotatable bonds is 8. The molecule has 2 aromatic heterocycles. The molecule has 3 aromatic rings. The highest BCUT2D eigenvalue weighted by atomic mass is 79.9. The van der Waals surface area contributed by atoms with Crippen LogP contribution in [0.3, 0.4) is 0 Å². The van der Waals surface area contributed by atoms with Crippen molar-refractivity contribution in [1.82, 2.24) is 30.0 Å². The molecule has 284 valence electrons. The predicted molar refractivity (Wildman–Crippen MR) is 200 cm³/mol. The van der Waals surface area contributed by atoms with Crippen molar-refractivity contribution < 1.29 is 36.8 Å². The third kappa shape index (κ3) is 6.99. The van der Waals surface area contributed by atoms with Crippen LogP contribution in [0.1, 0.15) is 77.4 Å². The zero-order valence-electron chi connectivity index (χ0n) is 30.5. The van der Waals surface area contributed by atoms with E-state index in [1.165, 1.54) is 4.90 Å². The summed E-state index contributed by atoms with van der Waals surface area (Å²) in [6, 6.07) is 5.71. The van der Waals surface area contributed by atoms with E-state index >= 15 is 0 Å². The largest absolute Gasteiger partial charge is 0.495 e. The molecule has 14 nitrogen and oxygen atoms in total. The van der Waals surface area contributed by atoms with Crippen molar-refractivity contribution in [2.75, 3.05) is 27.2 Å². The van der Waals surface area contributed by atoms with Gasteiger partial charge in [0.15, 0.2) is 0 Å². The van der Waals surface area contributed by atoms with Crippen molar-refractivity contribution in [3.63, 3.8) is 0 Å². The Hall–Kier alpha value is -4.18. The average Bonchev–Trinajstić information content (AvgIpc) is 3.89. The van der Waals surface area contributed by atoms with Gasteiger partial charge in [-0.3, -0.25) is 14.3 Å². The second-order valence-electron chi connectivity index (χ2n) is 15.2. The Morgan fingerprint density at radius 3 is 2.62 bits per heavy atom. The summed E-state index contributed by atoms with van der Waals surface area (Å²) >= 11 is 3.64. The topological polar surface area (TPSA) is 173 Å². The van der Waals surface area contributed by atoms with E-state index in [9.17, 15) is 22.8 Å². The van der Waals surface area contributed by atoms with Gasteiger partial charge >= 0.3 is 6.03 Å². The number of likely N-dealkylation sites (N-methyl/N-ethyl adjacent to an activating group) is 1. The van der Waals surface area contributed by atoms with Crippen LogP contribution in [-0.2, 0) is 19.6 Å². The first-order valence-corrected chi connectivity index (χ1v) is 20.3. The van der Waals surface area contributed by atoms with Gasteiger partial charge in [-0.05, 0) is 73.5 Å². The van der Waals surface area contributed by atoms with Crippen LogP contribution in [0.15, 0.2) is 45.4 Å². The predicted octanol–water partition coefficient (Wildman–Crippen LogP) is 5.27. The lowest BCUT2D eigenvalue weighted by molar-refractivity contribution is -0.134. The molecule has 16 heteroatoms. The third-order valence-corrected chi connectivity index (χ3v) is 13.9. The number of ether oxygens (including phenoxy) is 2. The van der Waals surface area contributed by atoms with Gasteiger partial charge in [0.1, 0.15) is 40.6 Å². The van der Waals surface area contributed by atoms with E-state index in [1.54, 1.807) is 38.1 Å². The molecule has 0 bridgehead atoms. The lowest BCUT2D eigenvalue weighted by atomic mass is 10.1. The third-order valence-electron chi connectivity index (χ3n) is 11.0. The Labute approximate surface area is 317 Å². The van der Waals surface area contributed by atoms with Crippen LogP contribution in [0.2, 0.25) is 0 Å². The molecular formula is C37H45BrN6O8S. The van der Waals surface area contributed by atoms with Crippen LogP contribution in [0, 0.1) is 5.92 Å². The van der Waals surface area contributed by atoms with E-state index in [-0.39, 0.29) is 31.2 Å². The van der Waals surface area contributed by atoms with Crippen molar-refractivity contribution in [2.24, 2.45) is 5.92 Å². The fourth-order valence-corrected chi connectivity index (χ4v) is 8.97. The fraction of sp³-hybridized carbons (Fsp3) is 0.541. The van der Waals surface area contributed by atoms with Gasteiger partial charge in [0, 0.05) is 49.4 Å². The van der Waals surface area contributed by atoms with Crippen molar-refractivity contribution in [1.29, 1.82) is 0 Å². The number of hydrogen-bond donors (Lipinski definition) is 2. The number of fused-ring (bicyclic) bond motifs is 3. The molecule has 3 fully saturated rings. The van der Waals surface area contributed by atoms with E-state index in [4.69, 9.17) is 19.0 Å². The van der Waals surface area contributed by atoms with Crippen molar-refractivity contribution in [3.05, 3.63) is 46.7 Å². The minimum Gasteiger partial charge on any atom is -0.495 e. The van der Waals surface area contributed by atoms with Gasteiger partial charge in [-0.2, -0.15) is 0 Å². The maximum absolute atomic E-state index is 14.2. The second-order valence-corrected chi connectivity index (χ2v) is 18.2. The molecule has 7 rings (SSSR count). The number of carbonyl (C=O) groups is 3. The highest BCUT2D eigenvalue weighted by Gasteiger charge is 2.63. The number of nitrogens with one attached hydrogen (secondary N) is 2. The summed E-state index contributed by atoms with van der Waals surface area (Å²) in [7, 11) is -0.662. The molecule has 4 amide bonds. The standard InChI is InChI=1S/C37H45BrN6O8S/c1-21(2)29-18-26(41-52-29)25-17-30(24-11-12-28(50-5)31(38)32(24)39-25)51-23-16-27-33(45)43(4)15-9-7-6-8-10-22-19-37(22,40-35(47)44(27)20-23)34(46)42-53(48,49)36(3)13-14-36/h8,10-12,17-18,21-23,27H,6-7,9,13-16,19-20H2,1-5H3,(H,40,47)(H,42,46)/b10-8-/t22-,23+,27+,37-/m1/s1. The number of halogens is 1. The van der Waals surface area contributed by atoms with Gasteiger partial charge in [-0.15, -0.1) is 0 Å². The smallest absolute Gasteiger partial charge is 0.319 e. The quantitative estimate of drug-likeness (QED) is 0.286. The molecule has 2 aliphatic carbocycles. The van der Waals surface area contributed by atoms with Crippen LogP contribution < -0.4 is 19.5 Å². The van der Waals surface area contributed by atoms with Crippen molar-refractivity contribution in [3.8, 4) is 22.9 Å². The second kappa shape index (κ2) is 13.9. The van der Waals surface area contributed by atoms with Crippen LogP contribution in [-0.4, -0.2) is 95.9 Å². The molecule has 53 heavy (non-hydrogen) atoms. The van der Waals surface area contributed by atoms with Crippen LogP contribution in [0.5, 0.6) is 11.5 Å². The van der Waals surface area contributed by atoms with Gasteiger partial charge in [0.05, 0.1) is 34.1 Å². The number of aromatic nitrogens is 2. The number of allylic oxidation sites excluding steroid dienone is 1. The number of urea groups is 1. The molecule has 4 heterocycles.